The van der Waals surface area contributed by atoms with Gasteiger partial charge in [-0.25, -0.2) is 0 Å². The molecule has 0 spiro atoms. The highest BCUT2D eigenvalue weighted by Gasteiger charge is 2.27. The van der Waals surface area contributed by atoms with E-state index in [1.807, 2.05) is 107 Å². The van der Waals surface area contributed by atoms with Crippen molar-refractivity contribution >= 4 is 71.0 Å². The molecule has 0 aliphatic heterocycles. The van der Waals surface area contributed by atoms with Crippen LogP contribution in [-0.4, -0.2) is 80.0 Å². The number of fused-ring (bicyclic) bond motifs is 2. The summed E-state index contributed by atoms with van der Waals surface area (Å²) < 4.78 is 72.9. The average Bonchev–Trinajstić information content (AvgIpc) is 0.763. The van der Waals surface area contributed by atoms with Crippen LogP contribution in [0.4, 0.5) is 0 Å². The quantitative estimate of drug-likeness (QED) is 0.0411. The molecule has 2 heterocycles. The number of hydrogen-bond donors (Lipinski definition) is 2. The van der Waals surface area contributed by atoms with Crippen molar-refractivity contribution < 1.29 is 75.9 Å². The summed E-state index contributed by atoms with van der Waals surface area (Å²) in [7, 11) is 13.7. The number of allylic oxidation sites excluding steroid dienone is 1. The Balaban J connectivity index is 0.000000198. The maximum atomic E-state index is 13.1. The van der Waals surface area contributed by atoms with E-state index in [9.17, 15) is 24.6 Å². The monoisotopic (exact) mass is 1500 g/mol. The van der Waals surface area contributed by atoms with Crippen LogP contribution in [0.15, 0.2) is 152 Å². The number of ketones is 1. The van der Waals surface area contributed by atoms with E-state index in [1.165, 1.54) is 59.8 Å². The number of phenols is 2. The van der Waals surface area contributed by atoms with Gasteiger partial charge in [-0.2, -0.15) is 0 Å². The fraction of sp³-hybridized carbons (Fsp3) is 0.230. The lowest BCUT2D eigenvalue weighted by atomic mass is 9.98. The molecule has 0 aliphatic rings. The van der Waals surface area contributed by atoms with Crippen molar-refractivity contribution in [1.29, 1.82) is 0 Å². The molecule has 2 aromatic heterocycles. The van der Waals surface area contributed by atoms with Gasteiger partial charge in [-0.3, -0.25) is 14.4 Å². The van der Waals surface area contributed by atoms with Gasteiger partial charge in [-0.15, -0.1) is 0 Å². The number of benzene rings is 8. The van der Waals surface area contributed by atoms with Crippen molar-refractivity contribution in [3.63, 3.8) is 0 Å². The van der Waals surface area contributed by atoms with Crippen LogP contribution in [0.5, 0.6) is 74.7 Å². The SMILES string of the molecule is COc1cc(-c2cc(=O)c3c(OC)c(C)c(C)c(OC)c3o2)ccc1O.COc1cc(-c2cc(=O)c3c(OC)c(C)c(C)c(OC)c3o2)ccc1OCc1ccccc1.COc1cc(/C=C/C(=O)c2c(O)c(OC)c(C)c(C)c2OC)ccc1OCc1ccccc1.II. The Morgan fingerprint density at radius 3 is 1.24 bits per heavy atom. The molecule has 8 aromatic carbocycles. The standard InChI is InChI=1S/C27H26O6.C27H28O6.C20H20O6.I2/c1-16-17(2)26(31-5)27-24(25(16)30-4)20(28)14-22(33-27)19-11-12-21(23(13-19)29-3)32-15-18-9-7-6-8-10-18;1-17-18(2)27(32-5)25(29)24(26(17)31-4)21(28)13-11-19-12-14-22(23(15-19)30-3)33-16-20-9-7-6-8-10-20;1-10-11(2)19(25-5)20-17(18(10)24-4)14(22)9-15(26-20)12-6-7-13(21)16(8-12)23-3;1-2/h6-14H,15H2,1-5H3;6-15,29H,16H2,1-5H3;6-9,21H,1-5H3;/b;13-11+;;. The molecule has 0 radical (unpaired) electrons. The number of phenolic OH excluding ortho intramolecular Hbond substituents is 2. The topological polar surface area (TPSA) is 219 Å². The van der Waals surface area contributed by atoms with E-state index in [0.717, 1.165) is 44.5 Å². The summed E-state index contributed by atoms with van der Waals surface area (Å²) in [6.45, 7) is 12.0. The molecule has 2 N–H and O–H groups in total. The molecule has 10 aromatic rings. The zero-order chi connectivity index (χ0) is 68.5. The summed E-state index contributed by atoms with van der Waals surface area (Å²) in [5.41, 5.74) is 9.16. The lowest BCUT2D eigenvalue weighted by Gasteiger charge is -2.17. The van der Waals surface area contributed by atoms with Crippen LogP contribution in [0.1, 0.15) is 60.4 Å². The number of carbonyl (C=O) groups is 1. The Morgan fingerprint density at radius 1 is 0.426 bits per heavy atom. The van der Waals surface area contributed by atoms with Gasteiger partial charge in [0, 0.05) is 77.2 Å². The van der Waals surface area contributed by atoms with Gasteiger partial charge in [-0.05, 0) is 130 Å². The number of methoxy groups -OCH3 is 9. The van der Waals surface area contributed by atoms with Gasteiger partial charge in [0.25, 0.3) is 0 Å². The predicted molar refractivity (Wildman–Crippen MR) is 382 cm³/mol. The summed E-state index contributed by atoms with van der Waals surface area (Å²) in [6.07, 6.45) is 3.03. The molecule has 0 saturated carbocycles. The minimum Gasteiger partial charge on any atom is -0.504 e. The Bertz CT molecular complexity index is 4480. The first kappa shape index (κ1) is 71.9. The van der Waals surface area contributed by atoms with Gasteiger partial charge >= 0.3 is 0 Å². The van der Waals surface area contributed by atoms with Crippen LogP contribution < -0.4 is 63.0 Å². The van der Waals surface area contributed by atoms with Crippen LogP contribution in [0.3, 0.4) is 0 Å². The lowest BCUT2D eigenvalue weighted by Crippen LogP contribution is -2.07. The fourth-order valence-corrected chi connectivity index (χ4v) is 10.5. The van der Waals surface area contributed by atoms with Crippen LogP contribution >= 0.6 is 37.2 Å². The van der Waals surface area contributed by atoms with Gasteiger partial charge in [0.2, 0.25) is 0 Å². The molecular formula is C74H74I2O18. The normalized spacial score (nSPS) is 10.6. The number of hydrogen-bond acceptors (Lipinski definition) is 18. The highest BCUT2D eigenvalue weighted by atomic mass is 128. The van der Waals surface area contributed by atoms with E-state index in [1.54, 1.807) is 77.8 Å². The van der Waals surface area contributed by atoms with Crippen LogP contribution in [0, 0.1) is 41.5 Å². The first-order valence-corrected chi connectivity index (χ1v) is 35.4. The van der Waals surface area contributed by atoms with E-state index >= 15 is 0 Å². The molecule has 0 bridgehead atoms. The third-order valence-corrected chi connectivity index (χ3v) is 15.6. The number of halogens is 2. The van der Waals surface area contributed by atoms with Crippen LogP contribution in [0.2, 0.25) is 0 Å². The predicted octanol–water partition coefficient (Wildman–Crippen LogP) is 16.8. The molecule has 20 heteroatoms. The van der Waals surface area contributed by atoms with E-state index in [2.05, 4.69) is 37.2 Å². The number of carbonyl (C=O) groups excluding carboxylic acids is 1. The molecule has 0 atom stereocenters. The van der Waals surface area contributed by atoms with Gasteiger partial charge in [0.1, 0.15) is 58.3 Å². The van der Waals surface area contributed by atoms with Crippen molar-refractivity contribution in [3.05, 3.63) is 210 Å². The number of aromatic hydroxyl groups is 2. The Kier molecular flexibility index (Phi) is 25.5. The van der Waals surface area contributed by atoms with Gasteiger partial charge in [-0.1, -0.05) is 72.8 Å². The maximum absolute atomic E-state index is 13.1. The van der Waals surface area contributed by atoms with Gasteiger partial charge in [0.05, 0.1) is 64.0 Å². The second-order valence-electron chi connectivity index (χ2n) is 20.9. The molecule has 0 fully saturated rings. The number of ether oxygens (including phenoxy) is 11. The highest BCUT2D eigenvalue weighted by molar-refractivity contribution is 15.0. The fourth-order valence-electron chi connectivity index (χ4n) is 10.5. The van der Waals surface area contributed by atoms with Crippen molar-refractivity contribution in [2.45, 2.75) is 54.8 Å². The minimum atomic E-state index is -0.408. The molecule has 10 rings (SSSR count). The number of rotatable bonds is 20. The Hall–Kier alpha value is -9.55. The van der Waals surface area contributed by atoms with Crippen LogP contribution in [-0.2, 0) is 13.2 Å². The van der Waals surface area contributed by atoms with Crippen molar-refractivity contribution in [1.82, 2.24) is 0 Å². The van der Waals surface area contributed by atoms with Crippen molar-refractivity contribution in [2.75, 3.05) is 64.0 Å². The smallest absolute Gasteiger partial charge is 0.197 e. The second kappa shape index (κ2) is 33.3. The Labute approximate surface area is 568 Å². The largest absolute Gasteiger partial charge is 0.504 e. The summed E-state index contributed by atoms with van der Waals surface area (Å²) in [5.74, 6) is 5.20. The van der Waals surface area contributed by atoms with Gasteiger partial charge < -0.3 is 71.2 Å². The second-order valence-corrected chi connectivity index (χ2v) is 20.9. The van der Waals surface area contributed by atoms with E-state index < -0.39 is 5.78 Å². The molecule has 0 amide bonds. The summed E-state index contributed by atoms with van der Waals surface area (Å²) in [5, 5.41) is 21.1. The summed E-state index contributed by atoms with van der Waals surface area (Å²) >= 11 is 4.24. The molecule has 94 heavy (non-hydrogen) atoms. The Morgan fingerprint density at radius 2 is 0.809 bits per heavy atom. The molecular weight excluding hydrogens is 1430 g/mol. The lowest BCUT2D eigenvalue weighted by molar-refractivity contribution is 0.104. The van der Waals surface area contributed by atoms with Crippen molar-refractivity contribution in [3.8, 4) is 97.4 Å². The zero-order valence-corrected chi connectivity index (χ0v) is 59.2. The minimum absolute atomic E-state index is 0.00473. The first-order valence-electron chi connectivity index (χ1n) is 29.1. The van der Waals surface area contributed by atoms with E-state index in [-0.39, 0.29) is 39.4 Å². The average molecular weight is 1510 g/mol. The van der Waals surface area contributed by atoms with E-state index in [4.69, 9.17) is 60.9 Å². The van der Waals surface area contributed by atoms with Crippen LogP contribution in [0.25, 0.3) is 50.7 Å². The molecule has 0 unspecified atom stereocenters. The molecule has 18 nitrogen and oxygen atoms in total. The van der Waals surface area contributed by atoms with E-state index in [0.29, 0.717) is 115 Å². The molecule has 492 valence electrons. The summed E-state index contributed by atoms with van der Waals surface area (Å²) in [6, 6.07) is 38.1. The maximum Gasteiger partial charge on any atom is 0.197 e. The third-order valence-electron chi connectivity index (χ3n) is 15.6. The molecule has 0 aliphatic carbocycles. The van der Waals surface area contributed by atoms with Gasteiger partial charge in [0.15, 0.2) is 85.3 Å². The van der Waals surface area contributed by atoms with Crippen molar-refractivity contribution in [2.24, 2.45) is 0 Å². The summed E-state index contributed by atoms with van der Waals surface area (Å²) in [4.78, 5) is 38.9. The molecule has 0 saturated heterocycles. The highest BCUT2D eigenvalue weighted by Crippen LogP contribution is 2.45. The zero-order valence-electron chi connectivity index (χ0n) is 54.9. The third kappa shape index (κ3) is 15.7. The first-order chi connectivity index (χ1) is 45.3.